The Hall–Kier alpha value is -1.28. The first-order chi connectivity index (χ1) is 7.60. The van der Waals surface area contributed by atoms with Gasteiger partial charge < -0.3 is 9.84 Å². The van der Waals surface area contributed by atoms with Crippen molar-refractivity contribution in [3.63, 3.8) is 0 Å². The molecule has 0 saturated carbocycles. The van der Waals surface area contributed by atoms with Gasteiger partial charge in [-0.3, -0.25) is 0 Å². The molecule has 0 spiro atoms. The van der Waals surface area contributed by atoms with Crippen LogP contribution < -0.4 is 4.74 Å². The van der Waals surface area contributed by atoms with Gasteiger partial charge in [0.15, 0.2) is 0 Å². The molecular weight excluding hydrogens is 200 g/mol. The summed E-state index contributed by atoms with van der Waals surface area (Å²) in [5.41, 5.74) is 2.20. The zero-order valence-corrected chi connectivity index (χ0v) is 10.2. The number of methoxy groups -OCH3 is 1. The fourth-order valence-electron chi connectivity index (χ4n) is 1.72. The first kappa shape index (κ1) is 12.8. The van der Waals surface area contributed by atoms with Gasteiger partial charge in [-0.15, -0.1) is 6.58 Å². The van der Waals surface area contributed by atoms with E-state index in [-0.39, 0.29) is 12.0 Å². The second-order valence-corrected chi connectivity index (χ2v) is 4.11. The average molecular weight is 220 g/mol. The minimum absolute atomic E-state index is 0.0903. The predicted molar refractivity (Wildman–Crippen MR) is 67.0 cm³/mol. The number of hydrogen-bond acceptors (Lipinski definition) is 2. The first-order valence-electron chi connectivity index (χ1n) is 5.53. The summed E-state index contributed by atoms with van der Waals surface area (Å²) < 4.78 is 5.27. The summed E-state index contributed by atoms with van der Waals surface area (Å²) in [7, 11) is 1.66. The van der Waals surface area contributed by atoms with Gasteiger partial charge in [-0.1, -0.05) is 25.1 Å². The van der Waals surface area contributed by atoms with Crippen LogP contribution in [0.2, 0.25) is 0 Å². The molecular formula is C14H20O2. The molecule has 0 aliphatic rings. The van der Waals surface area contributed by atoms with Gasteiger partial charge in [-0.2, -0.15) is 0 Å². The molecule has 1 rings (SSSR count). The van der Waals surface area contributed by atoms with Crippen molar-refractivity contribution in [3.8, 4) is 5.75 Å². The molecule has 88 valence electrons. The molecule has 0 aliphatic heterocycles. The van der Waals surface area contributed by atoms with Crippen LogP contribution in [-0.2, 0) is 0 Å². The van der Waals surface area contributed by atoms with Crippen LogP contribution in [0.5, 0.6) is 5.75 Å². The molecule has 0 heterocycles. The van der Waals surface area contributed by atoms with Crippen molar-refractivity contribution in [3.05, 3.63) is 42.0 Å². The van der Waals surface area contributed by atoms with Crippen LogP contribution in [0.4, 0.5) is 0 Å². The highest BCUT2D eigenvalue weighted by atomic mass is 16.5. The summed E-state index contributed by atoms with van der Waals surface area (Å²) in [6.45, 7) is 7.66. The van der Waals surface area contributed by atoms with Crippen molar-refractivity contribution in [1.29, 1.82) is 0 Å². The number of hydrogen-bond donors (Lipinski definition) is 1. The first-order valence-corrected chi connectivity index (χ1v) is 5.53. The third-order valence-corrected chi connectivity index (χ3v) is 2.94. The Bertz CT molecular complexity index is 358. The third-order valence-electron chi connectivity index (χ3n) is 2.94. The summed E-state index contributed by atoms with van der Waals surface area (Å²) in [5, 5.41) is 9.89. The molecule has 0 bridgehead atoms. The van der Waals surface area contributed by atoms with E-state index in [9.17, 15) is 5.11 Å². The maximum absolute atomic E-state index is 9.89. The van der Waals surface area contributed by atoms with E-state index >= 15 is 0 Å². The summed E-state index contributed by atoms with van der Waals surface area (Å²) in [4.78, 5) is 0. The minimum Gasteiger partial charge on any atom is -0.496 e. The van der Waals surface area contributed by atoms with Crippen LogP contribution in [0.25, 0.3) is 0 Å². The van der Waals surface area contributed by atoms with Crippen LogP contribution in [0.1, 0.15) is 30.4 Å². The van der Waals surface area contributed by atoms with Crippen molar-refractivity contribution in [2.24, 2.45) is 0 Å². The molecule has 2 nitrogen and oxygen atoms in total. The summed E-state index contributed by atoms with van der Waals surface area (Å²) in [5.74, 6) is 0.961. The standard InChI is InChI=1S/C14H20O2/c1-5-6-13(15)11(3)12-8-7-10(2)14(9-12)16-4/h5,7-9,11,13,15H,1,6H2,2-4H3/t11-,13+/m1/s1. The fraction of sp³-hybridized carbons (Fsp3) is 0.429. The normalized spacial score (nSPS) is 14.2. The van der Waals surface area contributed by atoms with E-state index in [1.54, 1.807) is 13.2 Å². The Labute approximate surface area is 97.6 Å². The SMILES string of the molecule is C=CC[C@H](O)[C@H](C)c1ccc(C)c(OC)c1. The van der Waals surface area contributed by atoms with E-state index in [4.69, 9.17) is 4.74 Å². The van der Waals surface area contributed by atoms with Gasteiger partial charge in [0.25, 0.3) is 0 Å². The Morgan fingerprint density at radius 1 is 1.50 bits per heavy atom. The largest absolute Gasteiger partial charge is 0.496 e. The van der Waals surface area contributed by atoms with E-state index in [0.717, 1.165) is 16.9 Å². The molecule has 1 aromatic rings. The topological polar surface area (TPSA) is 29.5 Å². The van der Waals surface area contributed by atoms with Gasteiger partial charge in [0.05, 0.1) is 13.2 Å². The molecule has 0 radical (unpaired) electrons. The Morgan fingerprint density at radius 2 is 2.19 bits per heavy atom. The molecule has 2 heteroatoms. The van der Waals surface area contributed by atoms with Gasteiger partial charge in [0, 0.05) is 5.92 Å². The van der Waals surface area contributed by atoms with Crippen molar-refractivity contribution in [1.82, 2.24) is 0 Å². The molecule has 1 N–H and O–H groups in total. The average Bonchev–Trinajstić information content (AvgIpc) is 2.29. The highest BCUT2D eigenvalue weighted by Gasteiger charge is 2.15. The number of aryl methyl sites for hydroxylation is 1. The van der Waals surface area contributed by atoms with E-state index in [2.05, 4.69) is 6.58 Å². The van der Waals surface area contributed by atoms with Gasteiger partial charge in [0.1, 0.15) is 5.75 Å². The minimum atomic E-state index is -0.384. The summed E-state index contributed by atoms with van der Waals surface area (Å²) >= 11 is 0. The number of aliphatic hydroxyl groups is 1. The van der Waals surface area contributed by atoms with Crippen LogP contribution in [0.15, 0.2) is 30.9 Å². The van der Waals surface area contributed by atoms with Crippen LogP contribution in [0, 0.1) is 6.92 Å². The lowest BCUT2D eigenvalue weighted by Gasteiger charge is -2.19. The molecule has 16 heavy (non-hydrogen) atoms. The van der Waals surface area contributed by atoms with Crippen LogP contribution in [-0.4, -0.2) is 18.3 Å². The molecule has 0 amide bonds. The lowest BCUT2D eigenvalue weighted by Crippen LogP contribution is -2.14. The molecule has 0 aromatic heterocycles. The number of aliphatic hydroxyl groups excluding tert-OH is 1. The molecule has 0 saturated heterocycles. The zero-order valence-electron chi connectivity index (χ0n) is 10.2. The summed E-state index contributed by atoms with van der Waals surface area (Å²) in [6.07, 6.45) is 1.97. The molecule has 0 fully saturated rings. The zero-order chi connectivity index (χ0) is 12.1. The highest BCUT2D eigenvalue weighted by Crippen LogP contribution is 2.27. The number of ether oxygens (including phenoxy) is 1. The molecule has 0 unspecified atom stereocenters. The second kappa shape index (κ2) is 5.71. The maximum atomic E-state index is 9.89. The van der Waals surface area contributed by atoms with E-state index in [0.29, 0.717) is 6.42 Å². The van der Waals surface area contributed by atoms with Gasteiger partial charge >= 0.3 is 0 Å². The Balaban J connectivity index is 2.91. The smallest absolute Gasteiger partial charge is 0.122 e. The molecule has 0 aliphatic carbocycles. The van der Waals surface area contributed by atoms with Crippen molar-refractivity contribution < 1.29 is 9.84 Å². The van der Waals surface area contributed by atoms with E-state index in [1.807, 2.05) is 32.0 Å². The lowest BCUT2D eigenvalue weighted by atomic mass is 9.92. The molecule has 2 atom stereocenters. The molecule has 1 aromatic carbocycles. The third kappa shape index (κ3) is 2.86. The van der Waals surface area contributed by atoms with Gasteiger partial charge in [-0.05, 0) is 30.5 Å². The quantitative estimate of drug-likeness (QED) is 0.773. The Kier molecular flexibility index (Phi) is 4.56. The van der Waals surface area contributed by atoms with Gasteiger partial charge in [-0.25, -0.2) is 0 Å². The second-order valence-electron chi connectivity index (χ2n) is 4.11. The van der Waals surface area contributed by atoms with Gasteiger partial charge in [0.2, 0.25) is 0 Å². The maximum Gasteiger partial charge on any atom is 0.122 e. The van der Waals surface area contributed by atoms with E-state index in [1.165, 1.54) is 0 Å². The van der Waals surface area contributed by atoms with Crippen molar-refractivity contribution in [2.45, 2.75) is 32.3 Å². The lowest BCUT2D eigenvalue weighted by molar-refractivity contribution is 0.152. The van der Waals surface area contributed by atoms with Crippen LogP contribution >= 0.6 is 0 Å². The van der Waals surface area contributed by atoms with Crippen molar-refractivity contribution >= 4 is 0 Å². The highest BCUT2D eigenvalue weighted by molar-refractivity contribution is 5.38. The van der Waals surface area contributed by atoms with E-state index < -0.39 is 0 Å². The fourth-order valence-corrected chi connectivity index (χ4v) is 1.72. The predicted octanol–water partition coefficient (Wildman–Crippen LogP) is 3.04. The number of rotatable bonds is 5. The monoisotopic (exact) mass is 220 g/mol. The van der Waals surface area contributed by atoms with Crippen molar-refractivity contribution in [2.75, 3.05) is 7.11 Å². The summed E-state index contributed by atoms with van der Waals surface area (Å²) in [6, 6.07) is 6.05. The Morgan fingerprint density at radius 3 is 2.75 bits per heavy atom. The van der Waals surface area contributed by atoms with Crippen LogP contribution in [0.3, 0.4) is 0 Å². The number of benzene rings is 1.